The van der Waals surface area contributed by atoms with Crippen molar-refractivity contribution < 1.29 is 24.2 Å². The van der Waals surface area contributed by atoms with E-state index in [2.05, 4.69) is 29.6 Å². The van der Waals surface area contributed by atoms with Crippen molar-refractivity contribution in [3.8, 4) is 11.1 Å². The van der Waals surface area contributed by atoms with Crippen LogP contribution in [0, 0.1) is 17.8 Å². The van der Waals surface area contributed by atoms with E-state index < -0.39 is 18.0 Å². The van der Waals surface area contributed by atoms with E-state index in [9.17, 15) is 19.5 Å². The molecule has 3 aliphatic rings. The Bertz CT molecular complexity index is 1050. The van der Waals surface area contributed by atoms with Crippen molar-refractivity contribution in [1.82, 2.24) is 10.2 Å². The second-order valence-electron chi connectivity index (χ2n) is 9.31. The molecule has 7 nitrogen and oxygen atoms in total. The number of carboxylic acids is 1. The Morgan fingerprint density at radius 1 is 1.03 bits per heavy atom. The van der Waals surface area contributed by atoms with Crippen molar-refractivity contribution in [3.63, 3.8) is 0 Å². The molecule has 1 saturated carbocycles. The summed E-state index contributed by atoms with van der Waals surface area (Å²) >= 11 is 0. The van der Waals surface area contributed by atoms with Crippen LogP contribution in [0.1, 0.15) is 36.8 Å². The molecule has 0 radical (unpaired) electrons. The van der Waals surface area contributed by atoms with Gasteiger partial charge in [-0.25, -0.2) is 4.79 Å². The van der Waals surface area contributed by atoms with Gasteiger partial charge in [-0.15, -0.1) is 0 Å². The van der Waals surface area contributed by atoms with E-state index in [1.165, 1.54) is 22.3 Å². The smallest absolute Gasteiger partial charge is 0.407 e. The van der Waals surface area contributed by atoms with Crippen molar-refractivity contribution in [2.24, 2.45) is 17.8 Å². The maximum Gasteiger partial charge on any atom is 0.407 e. The van der Waals surface area contributed by atoms with Crippen LogP contribution in [0.2, 0.25) is 0 Å². The van der Waals surface area contributed by atoms with Crippen LogP contribution in [0.4, 0.5) is 4.79 Å². The van der Waals surface area contributed by atoms with Gasteiger partial charge in [-0.3, -0.25) is 9.59 Å². The summed E-state index contributed by atoms with van der Waals surface area (Å²) in [7, 11) is 0. The molecule has 1 aliphatic heterocycles. The van der Waals surface area contributed by atoms with Gasteiger partial charge in [0.1, 0.15) is 6.61 Å². The minimum absolute atomic E-state index is 0.00517. The molecule has 1 saturated heterocycles. The average Bonchev–Trinajstić information content (AvgIpc) is 3.39. The molecule has 2 aliphatic carbocycles. The monoisotopic (exact) mass is 448 g/mol. The molecular weight excluding hydrogens is 420 g/mol. The molecule has 2 unspecified atom stereocenters. The van der Waals surface area contributed by atoms with Crippen molar-refractivity contribution in [1.29, 1.82) is 0 Å². The van der Waals surface area contributed by atoms with Crippen LogP contribution in [0.5, 0.6) is 0 Å². The zero-order valence-corrected chi connectivity index (χ0v) is 18.6. The van der Waals surface area contributed by atoms with Gasteiger partial charge in [0, 0.05) is 31.0 Å². The molecule has 2 amide bonds. The summed E-state index contributed by atoms with van der Waals surface area (Å²) < 4.78 is 5.56. The highest BCUT2D eigenvalue weighted by Gasteiger charge is 2.48. The third-order valence-electron chi connectivity index (χ3n) is 7.45. The van der Waals surface area contributed by atoms with E-state index in [0.717, 1.165) is 0 Å². The first-order valence-corrected chi connectivity index (χ1v) is 11.6. The molecule has 7 heteroatoms. The number of hydrogen-bond acceptors (Lipinski definition) is 4. The molecule has 33 heavy (non-hydrogen) atoms. The summed E-state index contributed by atoms with van der Waals surface area (Å²) in [6, 6.07) is 16.1. The Kier molecular flexibility index (Phi) is 5.56. The van der Waals surface area contributed by atoms with E-state index >= 15 is 0 Å². The number of fused-ring (bicyclic) bond motifs is 3. The normalized spacial score (nSPS) is 25.3. The first-order valence-electron chi connectivity index (χ1n) is 11.6. The number of benzene rings is 2. The van der Waals surface area contributed by atoms with E-state index in [1.54, 1.807) is 11.8 Å². The number of hydrogen-bond donors (Lipinski definition) is 2. The standard InChI is InChI=1S/C26H28N2O5/c1-15-17(25(30)31)10-11-28(15)24(29)22-12-16(22)13-27-26(32)33-14-23-20-8-4-2-6-18(20)19-7-3-5-9-21(19)23/h2-9,15-17,22-23H,10-14H2,1H3,(H,27,32)(H,30,31)/t15?,16-,17?,22-/m0/s1. The largest absolute Gasteiger partial charge is 0.481 e. The second kappa shape index (κ2) is 8.54. The number of carbonyl (C=O) groups excluding carboxylic acids is 2. The van der Waals surface area contributed by atoms with E-state index in [4.69, 9.17) is 4.74 Å². The summed E-state index contributed by atoms with van der Waals surface area (Å²) in [5.74, 6) is -1.39. The van der Waals surface area contributed by atoms with Gasteiger partial charge in [-0.2, -0.15) is 0 Å². The Morgan fingerprint density at radius 3 is 2.27 bits per heavy atom. The molecule has 2 aromatic rings. The van der Waals surface area contributed by atoms with Gasteiger partial charge in [0.2, 0.25) is 5.91 Å². The Balaban J connectivity index is 1.11. The SMILES string of the molecule is CC1C(C(=O)O)CCN1C(=O)[C@H]1C[C@H]1CNC(=O)OCC1c2ccccc2-c2ccccc21. The lowest BCUT2D eigenvalue weighted by molar-refractivity contribution is -0.143. The van der Waals surface area contributed by atoms with Gasteiger partial charge in [0.15, 0.2) is 0 Å². The maximum absolute atomic E-state index is 12.8. The molecule has 2 fully saturated rings. The molecule has 0 aromatic heterocycles. The topological polar surface area (TPSA) is 95.9 Å². The number of aliphatic carboxylic acids is 1. The zero-order valence-electron chi connectivity index (χ0n) is 18.6. The lowest BCUT2D eigenvalue weighted by Crippen LogP contribution is -2.39. The second-order valence-corrected chi connectivity index (χ2v) is 9.31. The lowest BCUT2D eigenvalue weighted by Gasteiger charge is -2.23. The molecule has 0 bridgehead atoms. The van der Waals surface area contributed by atoms with Gasteiger partial charge >= 0.3 is 12.1 Å². The Labute approximate surface area is 192 Å². The number of nitrogens with one attached hydrogen (secondary N) is 1. The first-order chi connectivity index (χ1) is 16.0. The van der Waals surface area contributed by atoms with Gasteiger partial charge in [-0.05, 0) is 47.9 Å². The Morgan fingerprint density at radius 2 is 1.67 bits per heavy atom. The highest BCUT2D eigenvalue weighted by Crippen LogP contribution is 2.44. The summed E-state index contributed by atoms with van der Waals surface area (Å²) in [5.41, 5.74) is 4.70. The summed E-state index contributed by atoms with van der Waals surface area (Å²) in [4.78, 5) is 38.1. The van der Waals surface area contributed by atoms with E-state index in [1.807, 2.05) is 24.3 Å². The molecular formula is C26H28N2O5. The number of likely N-dealkylation sites (tertiary alicyclic amines) is 1. The number of carbonyl (C=O) groups is 3. The predicted octanol–water partition coefficient (Wildman–Crippen LogP) is 3.48. The van der Waals surface area contributed by atoms with Crippen LogP contribution in [0.3, 0.4) is 0 Å². The zero-order chi connectivity index (χ0) is 23.1. The molecule has 0 spiro atoms. The lowest BCUT2D eigenvalue weighted by atomic mass is 9.98. The van der Waals surface area contributed by atoms with E-state index in [0.29, 0.717) is 25.9 Å². The molecule has 172 valence electrons. The maximum atomic E-state index is 12.8. The minimum atomic E-state index is -0.845. The summed E-state index contributed by atoms with van der Waals surface area (Å²) in [6.45, 7) is 2.93. The predicted molar refractivity (Wildman–Crippen MR) is 122 cm³/mol. The van der Waals surface area contributed by atoms with Crippen LogP contribution in [-0.4, -0.2) is 53.7 Å². The fraction of sp³-hybridized carbons (Fsp3) is 0.423. The summed E-state index contributed by atoms with van der Waals surface area (Å²) in [5, 5.41) is 12.1. The fourth-order valence-corrected chi connectivity index (χ4v) is 5.43. The van der Waals surface area contributed by atoms with Crippen LogP contribution < -0.4 is 5.32 Å². The quantitative estimate of drug-likeness (QED) is 0.705. The van der Waals surface area contributed by atoms with Gasteiger partial charge in [0.05, 0.1) is 5.92 Å². The molecule has 2 aromatic carbocycles. The number of carboxylic acid groups (broad SMARTS) is 1. The fourth-order valence-electron chi connectivity index (χ4n) is 5.43. The third-order valence-corrected chi connectivity index (χ3v) is 7.45. The van der Waals surface area contributed by atoms with Gasteiger partial charge in [-0.1, -0.05) is 48.5 Å². The minimum Gasteiger partial charge on any atom is -0.481 e. The third kappa shape index (κ3) is 3.96. The Hall–Kier alpha value is -3.35. The number of alkyl carbamates (subject to hydrolysis) is 1. The van der Waals surface area contributed by atoms with Crippen LogP contribution in [0.15, 0.2) is 48.5 Å². The van der Waals surface area contributed by atoms with Gasteiger partial charge in [0.25, 0.3) is 0 Å². The summed E-state index contributed by atoms with van der Waals surface area (Å²) in [6.07, 6.45) is 0.733. The first kappa shape index (κ1) is 21.5. The van der Waals surface area contributed by atoms with E-state index in [-0.39, 0.29) is 36.3 Å². The van der Waals surface area contributed by atoms with Crippen molar-refractivity contribution in [3.05, 3.63) is 59.7 Å². The molecule has 5 rings (SSSR count). The van der Waals surface area contributed by atoms with Crippen molar-refractivity contribution in [2.75, 3.05) is 19.7 Å². The molecule has 1 heterocycles. The van der Waals surface area contributed by atoms with Crippen molar-refractivity contribution >= 4 is 18.0 Å². The number of nitrogens with zero attached hydrogens (tertiary/aromatic N) is 1. The van der Waals surface area contributed by atoms with Crippen LogP contribution in [-0.2, 0) is 14.3 Å². The van der Waals surface area contributed by atoms with Crippen LogP contribution in [0.25, 0.3) is 11.1 Å². The average molecular weight is 449 g/mol. The van der Waals surface area contributed by atoms with Crippen LogP contribution >= 0.6 is 0 Å². The number of amides is 2. The highest BCUT2D eigenvalue weighted by molar-refractivity contribution is 5.84. The molecule has 2 N–H and O–H groups in total. The number of ether oxygens (including phenoxy) is 1. The molecule has 4 atom stereocenters. The highest BCUT2D eigenvalue weighted by atomic mass is 16.5. The number of rotatable bonds is 6. The van der Waals surface area contributed by atoms with Crippen molar-refractivity contribution in [2.45, 2.75) is 31.7 Å². The van der Waals surface area contributed by atoms with Gasteiger partial charge < -0.3 is 20.1 Å².